The molecule has 0 N–H and O–H groups in total. The van der Waals surface area contributed by atoms with E-state index in [2.05, 4.69) is 9.97 Å². The first-order valence-corrected chi connectivity index (χ1v) is 5.44. The second-order valence-corrected chi connectivity index (χ2v) is 4.05. The van der Waals surface area contributed by atoms with Crippen LogP contribution in [0.1, 0.15) is 5.56 Å². The number of ether oxygens (including phenoxy) is 1. The van der Waals surface area contributed by atoms with Crippen LogP contribution < -0.4 is 4.74 Å². The zero-order valence-corrected chi connectivity index (χ0v) is 10.3. The second kappa shape index (κ2) is 4.85. The van der Waals surface area contributed by atoms with Crippen LogP contribution in [0.2, 0.25) is 10.3 Å². The molecule has 1 heterocycles. The van der Waals surface area contributed by atoms with Gasteiger partial charge < -0.3 is 4.74 Å². The summed E-state index contributed by atoms with van der Waals surface area (Å²) in [5.41, 5.74) is 0.704. The average molecular weight is 273 g/mol. The lowest BCUT2D eigenvalue weighted by molar-refractivity contribution is 0.456. The Bertz CT molecular complexity index is 563. The number of aryl methyl sites for hydroxylation is 1. The van der Waals surface area contributed by atoms with Crippen molar-refractivity contribution < 1.29 is 9.13 Å². The molecule has 0 amide bonds. The van der Waals surface area contributed by atoms with Gasteiger partial charge in [0.05, 0.1) is 5.02 Å². The highest BCUT2D eigenvalue weighted by Crippen LogP contribution is 2.30. The van der Waals surface area contributed by atoms with Gasteiger partial charge in [-0.1, -0.05) is 11.6 Å². The van der Waals surface area contributed by atoms with Crippen LogP contribution in [0.25, 0.3) is 0 Å². The third-order valence-corrected chi connectivity index (χ3v) is 2.47. The monoisotopic (exact) mass is 272 g/mol. The van der Waals surface area contributed by atoms with Gasteiger partial charge in [-0.25, -0.2) is 9.37 Å². The second-order valence-electron chi connectivity index (χ2n) is 3.30. The topological polar surface area (TPSA) is 35.0 Å². The number of nitrogens with zero attached hydrogens (tertiary/aromatic N) is 2. The Morgan fingerprint density at radius 1 is 1.29 bits per heavy atom. The Kier molecular flexibility index (Phi) is 3.45. The van der Waals surface area contributed by atoms with E-state index in [0.717, 1.165) is 6.07 Å². The van der Waals surface area contributed by atoms with E-state index in [1.54, 1.807) is 6.92 Å². The number of aromatic nitrogens is 2. The highest BCUT2D eigenvalue weighted by Gasteiger charge is 2.08. The molecule has 2 rings (SSSR count). The number of benzene rings is 1. The molecule has 0 saturated heterocycles. The number of rotatable bonds is 2. The minimum Gasteiger partial charge on any atom is -0.437 e. The molecule has 0 aliphatic heterocycles. The van der Waals surface area contributed by atoms with Crippen molar-refractivity contribution in [2.45, 2.75) is 6.92 Å². The van der Waals surface area contributed by atoms with Crippen LogP contribution in [0.5, 0.6) is 11.6 Å². The summed E-state index contributed by atoms with van der Waals surface area (Å²) in [7, 11) is 0. The van der Waals surface area contributed by atoms with Gasteiger partial charge >= 0.3 is 0 Å². The van der Waals surface area contributed by atoms with Crippen LogP contribution in [-0.2, 0) is 0 Å². The summed E-state index contributed by atoms with van der Waals surface area (Å²) < 4.78 is 18.3. The predicted octanol–water partition coefficient (Wildman–Crippen LogP) is 4.02. The maximum atomic E-state index is 12.8. The van der Waals surface area contributed by atoms with Gasteiger partial charge in [-0.2, -0.15) is 4.98 Å². The van der Waals surface area contributed by atoms with Crippen LogP contribution in [-0.4, -0.2) is 9.97 Å². The first-order chi connectivity index (χ1) is 8.06. The maximum absolute atomic E-state index is 12.8. The van der Waals surface area contributed by atoms with Crippen molar-refractivity contribution in [1.82, 2.24) is 9.97 Å². The summed E-state index contributed by atoms with van der Waals surface area (Å²) in [6.45, 7) is 1.77. The number of halogens is 3. The van der Waals surface area contributed by atoms with E-state index in [9.17, 15) is 4.39 Å². The van der Waals surface area contributed by atoms with Crippen LogP contribution in [0.4, 0.5) is 4.39 Å². The molecule has 0 spiro atoms. The Balaban J connectivity index is 2.34. The van der Waals surface area contributed by atoms with Gasteiger partial charge in [-0.05, 0) is 36.7 Å². The summed E-state index contributed by atoms with van der Waals surface area (Å²) in [5, 5.41) is 0.239. The summed E-state index contributed by atoms with van der Waals surface area (Å²) >= 11 is 11.5. The van der Waals surface area contributed by atoms with E-state index >= 15 is 0 Å². The van der Waals surface area contributed by atoms with Crippen LogP contribution in [0.3, 0.4) is 0 Å². The normalized spacial score (nSPS) is 10.4. The fraction of sp³-hybridized carbons (Fsp3) is 0.0909. The molecule has 0 atom stereocenters. The van der Waals surface area contributed by atoms with Crippen LogP contribution >= 0.6 is 23.2 Å². The molecule has 0 fully saturated rings. The van der Waals surface area contributed by atoms with Crippen molar-refractivity contribution in [3.63, 3.8) is 0 Å². The number of hydrogen-bond donors (Lipinski definition) is 0. The lowest BCUT2D eigenvalue weighted by Gasteiger charge is -2.08. The summed E-state index contributed by atoms with van der Waals surface area (Å²) in [4.78, 5) is 7.71. The quantitative estimate of drug-likeness (QED) is 0.775. The molecule has 17 heavy (non-hydrogen) atoms. The SMILES string of the molecule is Cc1cnc(Cl)nc1Oc1ccc(F)cc1Cl. The lowest BCUT2D eigenvalue weighted by Crippen LogP contribution is -1.94. The zero-order valence-electron chi connectivity index (χ0n) is 8.75. The Labute approximate surface area is 107 Å². The highest BCUT2D eigenvalue weighted by atomic mass is 35.5. The Hall–Kier alpha value is -1.39. The summed E-state index contributed by atoms with van der Waals surface area (Å²) in [6.07, 6.45) is 1.53. The summed E-state index contributed by atoms with van der Waals surface area (Å²) in [5.74, 6) is 0.171. The van der Waals surface area contributed by atoms with Crippen molar-refractivity contribution in [1.29, 1.82) is 0 Å². The van der Waals surface area contributed by atoms with E-state index in [0.29, 0.717) is 17.2 Å². The van der Waals surface area contributed by atoms with E-state index < -0.39 is 5.82 Å². The Morgan fingerprint density at radius 3 is 2.76 bits per heavy atom. The molecule has 0 bridgehead atoms. The fourth-order valence-corrected chi connectivity index (χ4v) is 1.50. The first-order valence-electron chi connectivity index (χ1n) is 4.68. The molecule has 0 radical (unpaired) electrons. The molecule has 6 heteroatoms. The van der Waals surface area contributed by atoms with Gasteiger partial charge in [0.15, 0.2) is 0 Å². The maximum Gasteiger partial charge on any atom is 0.226 e. The molecule has 0 aliphatic carbocycles. The third-order valence-electron chi connectivity index (χ3n) is 2.00. The molecule has 1 aromatic heterocycles. The Morgan fingerprint density at radius 2 is 2.06 bits per heavy atom. The zero-order chi connectivity index (χ0) is 12.4. The fourth-order valence-electron chi connectivity index (χ4n) is 1.17. The van der Waals surface area contributed by atoms with Gasteiger partial charge in [0.1, 0.15) is 11.6 Å². The van der Waals surface area contributed by atoms with E-state index in [1.807, 2.05) is 0 Å². The minimum atomic E-state index is -0.431. The van der Waals surface area contributed by atoms with Gasteiger partial charge in [-0.3, -0.25) is 0 Å². The lowest BCUT2D eigenvalue weighted by atomic mass is 10.3. The van der Waals surface area contributed by atoms with Gasteiger partial charge in [0.25, 0.3) is 0 Å². The van der Waals surface area contributed by atoms with E-state index in [-0.39, 0.29) is 10.3 Å². The van der Waals surface area contributed by atoms with Crippen molar-refractivity contribution in [2.24, 2.45) is 0 Å². The molecular weight excluding hydrogens is 266 g/mol. The molecule has 3 nitrogen and oxygen atoms in total. The van der Waals surface area contributed by atoms with E-state index in [1.165, 1.54) is 18.3 Å². The van der Waals surface area contributed by atoms with Crippen LogP contribution in [0.15, 0.2) is 24.4 Å². The first kappa shape index (κ1) is 12.1. The molecule has 0 aliphatic rings. The summed E-state index contributed by atoms with van der Waals surface area (Å²) in [6, 6.07) is 3.83. The highest BCUT2D eigenvalue weighted by molar-refractivity contribution is 6.32. The number of hydrogen-bond acceptors (Lipinski definition) is 3. The largest absolute Gasteiger partial charge is 0.437 e. The molecule has 0 unspecified atom stereocenters. The van der Waals surface area contributed by atoms with Gasteiger partial charge in [0.2, 0.25) is 11.2 Å². The van der Waals surface area contributed by atoms with Gasteiger partial charge in [0, 0.05) is 11.8 Å². The average Bonchev–Trinajstić information content (AvgIpc) is 2.27. The van der Waals surface area contributed by atoms with Crippen LogP contribution in [0, 0.1) is 12.7 Å². The molecule has 1 aromatic carbocycles. The standard InChI is InChI=1S/C11H7Cl2FN2O/c1-6-5-15-11(13)16-10(6)17-9-3-2-7(14)4-8(9)12/h2-5H,1H3. The van der Waals surface area contributed by atoms with Crippen molar-refractivity contribution >= 4 is 23.2 Å². The molecule has 88 valence electrons. The van der Waals surface area contributed by atoms with E-state index in [4.69, 9.17) is 27.9 Å². The smallest absolute Gasteiger partial charge is 0.226 e. The van der Waals surface area contributed by atoms with Crippen molar-refractivity contribution in [3.8, 4) is 11.6 Å². The van der Waals surface area contributed by atoms with Gasteiger partial charge in [-0.15, -0.1) is 0 Å². The molecule has 2 aromatic rings. The van der Waals surface area contributed by atoms with Crippen molar-refractivity contribution in [2.75, 3.05) is 0 Å². The molecular formula is C11H7Cl2FN2O. The minimum absolute atomic E-state index is 0.0730. The predicted molar refractivity (Wildman–Crippen MR) is 63.3 cm³/mol. The van der Waals surface area contributed by atoms with Crippen molar-refractivity contribution in [3.05, 3.63) is 46.1 Å². The molecule has 0 saturated carbocycles. The third kappa shape index (κ3) is 2.84.